The normalized spacial score (nSPS) is 12.0. The van der Waals surface area contributed by atoms with E-state index in [9.17, 15) is 0 Å². The Balaban J connectivity index is 2.57. The summed E-state index contributed by atoms with van der Waals surface area (Å²) in [5.74, 6) is 2.89. The van der Waals surface area contributed by atoms with Gasteiger partial charge in [0.1, 0.15) is 18.1 Å². The van der Waals surface area contributed by atoms with E-state index in [2.05, 4.69) is 32.6 Å². The maximum atomic E-state index is 8.97. The van der Waals surface area contributed by atoms with E-state index in [-0.39, 0.29) is 6.61 Å². The summed E-state index contributed by atoms with van der Waals surface area (Å²) in [4.78, 5) is 2.41. The van der Waals surface area contributed by atoms with Gasteiger partial charge < -0.3 is 9.52 Å². The zero-order valence-electron chi connectivity index (χ0n) is 11.4. The highest BCUT2D eigenvalue weighted by Crippen LogP contribution is 2.13. The van der Waals surface area contributed by atoms with Crippen LogP contribution >= 0.6 is 0 Å². The molecule has 1 rings (SSSR count). The van der Waals surface area contributed by atoms with Gasteiger partial charge in [0.25, 0.3) is 0 Å². The molecule has 3 nitrogen and oxygen atoms in total. The molecule has 0 unspecified atom stereocenters. The minimum Gasteiger partial charge on any atom is -0.462 e. The summed E-state index contributed by atoms with van der Waals surface area (Å²) in [5, 5.41) is 8.97. The van der Waals surface area contributed by atoms with Crippen molar-refractivity contribution >= 4 is 0 Å². The number of nitrogens with zero attached hydrogens (tertiary/aromatic N) is 1. The maximum absolute atomic E-state index is 8.97. The second kappa shape index (κ2) is 6.82. The van der Waals surface area contributed by atoms with Crippen LogP contribution in [0.1, 0.15) is 39.2 Å². The molecule has 1 heterocycles. The van der Waals surface area contributed by atoms with E-state index in [1.807, 2.05) is 12.1 Å². The molecule has 0 atom stereocenters. The molecule has 0 saturated heterocycles. The Morgan fingerprint density at radius 3 is 2.00 bits per heavy atom. The van der Waals surface area contributed by atoms with Gasteiger partial charge in [0.2, 0.25) is 0 Å². The van der Waals surface area contributed by atoms with Crippen molar-refractivity contribution in [2.45, 2.75) is 40.8 Å². The Bertz CT molecular complexity index is 308. The summed E-state index contributed by atoms with van der Waals surface area (Å²) < 4.78 is 5.53. The van der Waals surface area contributed by atoms with E-state index < -0.39 is 0 Å². The first-order valence-corrected chi connectivity index (χ1v) is 6.42. The Morgan fingerprint density at radius 2 is 1.59 bits per heavy atom. The first-order chi connectivity index (χ1) is 8.01. The molecular formula is C14H25NO2. The van der Waals surface area contributed by atoms with E-state index >= 15 is 0 Å². The van der Waals surface area contributed by atoms with Gasteiger partial charge in [-0.2, -0.15) is 0 Å². The number of aliphatic hydroxyl groups is 1. The lowest BCUT2D eigenvalue weighted by atomic mass is 10.1. The highest BCUT2D eigenvalue weighted by Gasteiger charge is 2.12. The minimum absolute atomic E-state index is 0.0195. The molecule has 0 saturated carbocycles. The van der Waals surface area contributed by atoms with Crippen LogP contribution in [-0.4, -0.2) is 23.1 Å². The zero-order chi connectivity index (χ0) is 12.8. The van der Waals surface area contributed by atoms with E-state index in [0.29, 0.717) is 17.6 Å². The third kappa shape index (κ3) is 5.37. The smallest absolute Gasteiger partial charge is 0.129 e. The molecule has 0 aromatic carbocycles. The number of furan rings is 1. The molecule has 0 aliphatic carbocycles. The monoisotopic (exact) mass is 239 g/mol. The standard InChI is InChI=1S/C14H25NO2/c1-11(2)7-15(8-12(3)4)9-13-5-6-14(10-16)17-13/h5-6,11-12,16H,7-10H2,1-4H3. The van der Waals surface area contributed by atoms with Crippen molar-refractivity contribution in [2.75, 3.05) is 13.1 Å². The summed E-state index contributed by atoms with van der Waals surface area (Å²) in [7, 11) is 0. The predicted octanol–water partition coefficient (Wildman–Crippen LogP) is 2.89. The van der Waals surface area contributed by atoms with Gasteiger partial charge in [0, 0.05) is 13.1 Å². The first kappa shape index (κ1) is 14.3. The van der Waals surface area contributed by atoms with Gasteiger partial charge in [-0.15, -0.1) is 0 Å². The van der Waals surface area contributed by atoms with Gasteiger partial charge >= 0.3 is 0 Å². The lowest BCUT2D eigenvalue weighted by Crippen LogP contribution is -2.30. The molecule has 1 N–H and O–H groups in total. The second-order valence-electron chi connectivity index (χ2n) is 5.51. The van der Waals surface area contributed by atoms with Gasteiger partial charge in [-0.25, -0.2) is 0 Å². The van der Waals surface area contributed by atoms with Crippen LogP contribution in [0.5, 0.6) is 0 Å². The Morgan fingerprint density at radius 1 is 1.06 bits per heavy atom. The molecule has 1 aromatic heterocycles. The van der Waals surface area contributed by atoms with E-state index in [0.717, 1.165) is 25.4 Å². The molecule has 0 aliphatic rings. The van der Waals surface area contributed by atoms with Crippen molar-refractivity contribution in [3.05, 3.63) is 23.7 Å². The molecule has 17 heavy (non-hydrogen) atoms. The van der Waals surface area contributed by atoms with Crippen LogP contribution in [0, 0.1) is 11.8 Å². The van der Waals surface area contributed by atoms with Crippen LogP contribution in [0.3, 0.4) is 0 Å². The molecule has 0 radical (unpaired) electrons. The number of rotatable bonds is 7. The summed E-state index contributed by atoms with van der Waals surface area (Å²) >= 11 is 0. The number of hydrogen-bond donors (Lipinski definition) is 1. The fourth-order valence-electron chi connectivity index (χ4n) is 2.05. The van der Waals surface area contributed by atoms with E-state index in [1.54, 1.807) is 0 Å². The topological polar surface area (TPSA) is 36.6 Å². The van der Waals surface area contributed by atoms with Crippen LogP contribution in [0.15, 0.2) is 16.5 Å². The van der Waals surface area contributed by atoms with Crippen LogP contribution < -0.4 is 0 Å². The van der Waals surface area contributed by atoms with Crippen molar-refractivity contribution in [1.82, 2.24) is 4.90 Å². The van der Waals surface area contributed by atoms with Crippen molar-refractivity contribution in [3.63, 3.8) is 0 Å². The van der Waals surface area contributed by atoms with E-state index in [1.165, 1.54) is 0 Å². The van der Waals surface area contributed by atoms with Crippen molar-refractivity contribution in [3.8, 4) is 0 Å². The summed E-state index contributed by atoms with van der Waals surface area (Å²) in [6.07, 6.45) is 0. The third-order valence-electron chi connectivity index (χ3n) is 2.50. The lowest BCUT2D eigenvalue weighted by molar-refractivity contribution is 0.188. The first-order valence-electron chi connectivity index (χ1n) is 6.42. The molecule has 0 spiro atoms. The molecule has 3 heteroatoms. The third-order valence-corrected chi connectivity index (χ3v) is 2.50. The van der Waals surface area contributed by atoms with E-state index in [4.69, 9.17) is 9.52 Å². The predicted molar refractivity (Wildman–Crippen MR) is 69.6 cm³/mol. The lowest BCUT2D eigenvalue weighted by Gasteiger charge is -2.25. The van der Waals surface area contributed by atoms with Gasteiger partial charge in [0.05, 0.1) is 6.54 Å². The quantitative estimate of drug-likeness (QED) is 0.795. The van der Waals surface area contributed by atoms with Crippen molar-refractivity contribution in [2.24, 2.45) is 11.8 Å². The van der Waals surface area contributed by atoms with Crippen molar-refractivity contribution in [1.29, 1.82) is 0 Å². The molecule has 1 aromatic rings. The van der Waals surface area contributed by atoms with Gasteiger partial charge in [-0.3, -0.25) is 4.90 Å². The molecule has 98 valence electrons. The average Bonchev–Trinajstić information content (AvgIpc) is 2.63. The SMILES string of the molecule is CC(C)CN(Cc1ccc(CO)o1)CC(C)C. The van der Waals surface area contributed by atoms with Gasteiger partial charge in [-0.05, 0) is 24.0 Å². The fraction of sp³-hybridized carbons (Fsp3) is 0.714. The molecule has 0 bridgehead atoms. The van der Waals surface area contributed by atoms with Crippen molar-refractivity contribution < 1.29 is 9.52 Å². The highest BCUT2D eigenvalue weighted by atomic mass is 16.4. The zero-order valence-corrected chi connectivity index (χ0v) is 11.4. The Kier molecular flexibility index (Phi) is 5.72. The summed E-state index contributed by atoms with van der Waals surface area (Å²) in [6.45, 7) is 11.9. The maximum Gasteiger partial charge on any atom is 0.129 e. The summed E-state index contributed by atoms with van der Waals surface area (Å²) in [6, 6.07) is 3.80. The molecule has 0 aliphatic heterocycles. The van der Waals surface area contributed by atoms with Gasteiger partial charge in [0.15, 0.2) is 0 Å². The molecule has 0 fully saturated rings. The number of aliphatic hydroxyl groups excluding tert-OH is 1. The molecular weight excluding hydrogens is 214 g/mol. The summed E-state index contributed by atoms with van der Waals surface area (Å²) in [5.41, 5.74) is 0. The minimum atomic E-state index is -0.0195. The number of hydrogen-bond acceptors (Lipinski definition) is 3. The van der Waals surface area contributed by atoms with Crippen LogP contribution in [0.4, 0.5) is 0 Å². The van der Waals surface area contributed by atoms with Gasteiger partial charge in [-0.1, -0.05) is 27.7 Å². The Hall–Kier alpha value is -0.800. The Labute approximate surface area is 104 Å². The van der Waals surface area contributed by atoms with Crippen LogP contribution in [0.2, 0.25) is 0 Å². The fourth-order valence-corrected chi connectivity index (χ4v) is 2.05. The van der Waals surface area contributed by atoms with Crippen LogP contribution in [0.25, 0.3) is 0 Å². The second-order valence-corrected chi connectivity index (χ2v) is 5.51. The largest absolute Gasteiger partial charge is 0.462 e. The van der Waals surface area contributed by atoms with Crippen LogP contribution in [-0.2, 0) is 13.2 Å². The molecule has 0 amide bonds. The average molecular weight is 239 g/mol. The highest BCUT2D eigenvalue weighted by molar-refractivity contribution is 5.06.